The zero-order chi connectivity index (χ0) is 21.0. The third-order valence-electron chi connectivity index (χ3n) is 5.17. The predicted octanol–water partition coefficient (Wildman–Crippen LogP) is 4.19. The molecular formula is C21H24Cl2N2O3S. The van der Waals surface area contributed by atoms with Gasteiger partial charge in [0.15, 0.2) is 0 Å². The molecule has 156 valence electrons. The molecule has 0 aliphatic carbocycles. The summed E-state index contributed by atoms with van der Waals surface area (Å²) < 4.78 is 26.9. The number of hydrogen-bond acceptors (Lipinski definition) is 3. The van der Waals surface area contributed by atoms with Crippen LogP contribution in [0.4, 0.5) is 0 Å². The first-order chi connectivity index (χ1) is 13.7. The largest absolute Gasteiger partial charge is 0.341 e. The average molecular weight is 455 g/mol. The van der Waals surface area contributed by atoms with Crippen LogP contribution < -0.4 is 0 Å². The number of sulfonamides is 1. The second-order valence-electron chi connectivity index (χ2n) is 7.38. The Bertz CT molecular complexity index is 939. The minimum Gasteiger partial charge on any atom is -0.341 e. The summed E-state index contributed by atoms with van der Waals surface area (Å²) in [6.07, 6.45) is 1.06. The van der Waals surface area contributed by atoms with Crippen LogP contribution in [-0.2, 0) is 27.1 Å². The Morgan fingerprint density at radius 2 is 1.45 bits per heavy atom. The smallest absolute Gasteiger partial charge is 0.225 e. The fourth-order valence-electron chi connectivity index (χ4n) is 3.52. The Balaban J connectivity index is 1.54. The molecule has 5 nitrogen and oxygen atoms in total. The SMILES string of the molecule is CN(Cc1ccc(Cl)cc1)C(=O)C1CCN(S(=O)(=O)Cc2ccc(Cl)cc2)CC1. The molecular weight excluding hydrogens is 431 g/mol. The van der Waals surface area contributed by atoms with E-state index in [1.165, 1.54) is 4.31 Å². The van der Waals surface area contributed by atoms with Gasteiger partial charge in [-0.25, -0.2) is 12.7 Å². The van der Waals surface area contributed by atoms with E-state index in [2.05, 4.69) is 0 Å². The van der Waals surface area contributed by atoms with Crippen LogP contribution in [-0.4, -0.2) is 43.7 Å². The molecule has 0 bridgehead atoms. The van der Waals surface area contributed by atoms with E-state index in [1.807, 2.05) is 12.1 Å². The van der Waals surface area contributed by atoms with Gasteiger partial charge in [0, 0.05) is 42.6 Å². The minimum absolute atomic E-state index is 0.0506. The molecule has 0 unspecified atom stereocenters. The maximum Gasteiger partial charge on any atom is 0.225 e. The third-order valence-corrected chi connectivity index (χ3v) is 7.52. The Hall–Kier alpha value is -1.60. The topological polar surface area (TPSA) is 57.7 Å². The standard InChI is InChI=1S/C21H24Cl2N2O3S/c1-24(14-16-2-6-19(22)7-3-16)21(26)18-10-12-25(13-11-18)29(27,28)15-17-4-8-20(23)9-5-17/h2-9,18H,10-15H2,1H3. The molecule has 1 aliphatic rings. The van der Waals surface area contributed by atoms with Crippen molar-refractivity contribution in [3.05, 3.63) is 69.7 Å². The quantitative estimate of drug-likeness (QED) is 0.656. The summed E-state index contributed by atoms with van der Waals surface area (Å²) in [5.41, 5.74) is 1.71. The van der Waals surface area contributed by atoms with Crippen molar-refractivity contribution in [3.8, 4) is 0 Å². The highest BCUT2D eigenvalue weighted by Gasteiger charge is 2.32. The maximum absolute atomic E-state index is 12.8. The average Bonchev–Trinajstić information content (AvgIpc) is 2.71. The number of rotatable bonds is 6. The first-order valence-electron chi connectivity index (χ1n) is 9.46. The van der Waals surface area contributed by atoms with E-state index in [9.17, 15) is 13.2 Å². The van der Waals surface area contributed by atoms with Crippen LogP contribution >= 0.6 is 23.2 Å². The van der Waals surface area contributed by atoms with Gasteiger partial charge in [-0.15, -0.1) is 0 Å². The monoisotopic (exact) mass is 454 g/mol. The van der Waals surface area contributed by atoms with E-state index < -0.39 is 10.0 Å². The number of hydrogen-bond donors (Lipinski definition) is 0. The van der Waals surface area contributed by atoms with Gasteiger partial charge >= 0.3 is 0 Å². The van der Waals surface area contributed by atoms with Crippen LogP contribution in [0.15, 0.2) is 48.5 Å². The Kier molecular flexibility index (Phi) is 7.22. The summed E-state index contributed by atoms with van der Waals surface area (Å²) in [5, 5.41) is 1.24. The van der Waals surface area contributed by atoms with Crippen molar-refractivity contribution in [3.63, 3.8) is 0 Å². The van der Waals surface area contributed by atoms with Crippen molar-refractivity contribution >= 4 is 39.1 Å². The highest BCUT2D eigenvalue weighted by Crippen LogP contribution is 2.24. The van der Waals surface area contributed by atoms with E-state index in [0.717, 1.165) is 5.56 Å². The first kappa shape index (κ1) is 22.1. The van der Waals surface area contributed by atoms with Crippen molar-refractivity contribution in [1.29, 1.82) is 0 Å². The van der Waals surface area contributed by atoms with Crippen LogP contribution in [0.1, 0.15) is 24.0 Å². The Labute approximate surface area is 182 Å². The molecule has 3 rings (SSSR count). The van der Waals surface area contributed by atoms with Gasteiger partial charge in [0.1, 0.15) is 0 Å². The molecule has 0 radical (unpaired) electrons. The summed E-state index contributed by atoms with van der Waals surface area (Å²) in [6, 6.07) is 14.2. The van der Waals surface area contributed by atoms with Crippen LogP contribution in [0.25, 0.3) is 0 Å². The molecule has 1 fully saturated rings. The van der Waals surface area contributed by atoms with Crippen LogP contribution in [0.3, 0.4) is 0 Å². The zero-order valence-corrected chi connectivity index (χ0v) is 18.6. The Morgan fingerprint density at radius 3 is 1.97 bits per heavy atom. The van der Waals surface area contributed by atoms with Crippen LogP contribution in [0, 0.1) is 5.92 Å². The first-order valence-corrected chi connectivity index (χ1v) is 11.8. The molecule has 0 aromatic heterocycles. The number of carbonyl (C=O) groups excluding carboxylic acids is 1. The second-order valence-corrected chi connectivity index (χ2v) is 10.2. The van der Waals surface area contributed by atoms with E-state index >= 15 is 0 Å². The third kappa shape index (κ3) is 5.95. The summed E-state index contributed by atoms with van der Waals surface area (Å²) in [4.78, 5) is 14.5. The maximum atomic E-state index is 12.8. The summed E-state index contributed by atoms with van der Waals surface area (Å²) in [6.45, 7) is 1.23. The molecule has 2 aromatic rings. The van der Waals surface area contributed by atoms with Crippen molar-refractivity contribution in [2.75, 3.05) is 20.1 Å². The van der Waals surface area contributed by atoms with Gasteiger partial charge in [-0.3, -0.25) is 4.79 Å². The van der Waals surface area contributed by atoms with Gasteiger partial charge in [-0.05, 0) is 48.2 Å². The van der Waals surface area contributed by atoms with Crippen molar-refractivity contribution < 1.29 is 13.2 Å². The molecule has 0 N–H and O–H groups in total. The van der Waals surface area contributed by atoms with E-state index in [-0.39, 0.29) is 17.6 Å². The lowest BCUT2D eigenvalue weighted by molar-refractivity contribution is -0.135. The number of carbonyl (C=O) groups is 1. The summed E-state index contributed by atoms with van der Waals surface area (Å²) in [7, 11) is -1.64. The molecule has 1 heterocycles. The predicted molar refractivity (Wildman–Crippen MR) is 116 cm³/mol. The van der Waals surface area contributed by atoms with Gasteiger partial charge < -0.3 is 4.90 Å². The fourth-order valence-corrected chi connectivity index (χ4v) is 5.33. The lowest BCUT2D eigenvalue weighted by Gasteiger charge is -2.32. The molecule has 2 aromatic carbocycles. The molecule has 1 aliphatic heterocycles. The molecule has 1 saturated heterocycles. The Morgan fingerprint density at radius 1 is 0.966 bits per heavy atom. The van der Waals surface area contributed by atoms with Crippen molar-refractivity contribution in [2.24, 2.45) is 5.92 Å². The summed E-state index contributed by atoms with van der Waals surface area (Å²) in [5.74, 6) is -0.164. The normalized spacial score (nSPS) is 16.0. The summed E-state index contributed by atoms with van der Waals surface area (Å²) >= 11 is 11.8. The van der Waals surface area contributed by atoms with Crippen molar-refractivity contribution in [2.45, 2.75) is 25.1 Å². The molecule has 0 saturated carbocycles. The number of halogens is 2. The highest BCUT2D eigenvalue weighted by atomic mass is 35.5. The van der Waals surface area contributed by atoms with E-state index in [1.54, 1.807) is 48.3 Å². The van der Waals surface area contributed by atoms with Crippen LogP contribution in [0.5, 0.6) is 0 Å². The molecule has 1 amide bonds. The molecule has 29 heavy (non-hydrogen) atoms. The second kappa shape index (κ2) is 9.47. The number of benzene rings is 2. The lowest BCUT2D eigenvalue weighted by Crippen LogP contribution is -2.43. The zero-order valence-electron chi connectivity index (χ0n) is 16.2. The van der Waals surface area contributed by atoms with Gasteiger partial charge in [0.2, 0.25) is 15.9 Å². The van der Waals surface area contributed by atoms with Gasteiger partial charge in [-0.1, -0.05) is 47.5 Å². The fraction of sp³-hybridized carbons (Fsp3) is 0.381. The highest BCUT2D eigenvalue weighted by molar-refractivity contribution is 7.88. The van der Waals surface area contributed by atoms with Crippen LogP contribution in [0.2, 0.25) is 10.0 Å². The lowest BCUT2D eigenvalue weighted by atomic mass is 9.96. The molecule has 0 atom stereocenters. The van der Waals surface area contributed by atoms with E-state index in [0.29, 0.717) is 48.1 Å². The van der Waals surface area contributed by atoms with Gasteiger partial charge in [0.05, 0.1) is 5.75 Å². The number of piperidine rings is 1. The number of amides is 1. The minimum atomic E-state index is -3.42. The molecule has 8 heteroatoms. The molecule has 0 spiro atoms. The number of nitrogens with zero attached hydrogens (tertiary/aromatic N) is 2. The van der Waals surface area contributed by atoms with Gasteiger partial charge in [-0.2, -0.15) is 0 Å². The van der Waals surface area contributed by atoms with Crippen molar-refractivity contribution in [1.82, 2.24) is 9.21 Å². The van der Waals surface area contributed by atoms with E-state index in [4.69, 9.17) is 23.2 Å². The van der Waals surface area contributed by atoms with Gasteiger partial charge in [0.25, 0.3) is 0 Å².